The summed E-state index contributed by atoms with van der Waals surface area (Å²) in [6, 6.07) is -0.246. The van der Waals surface area contributed by atoms with Crippen molar-refractivity contribution in [1.82, 2.24) is 5.32 Å². The van der Waals surface area contributed by atoms with Gasteiger partial charge in [-0.3, -0.25) is 4.79 Å². The van der Waals surface area contributed by atoms with E-state index in [1.54, 1.807) is 0 Å². The minimum Gasteiger partial charge on any atom is -0.395 e. The van der Waals surface area contributed by atoms with Crippen LogP contribution in [0.3, 0.4) is 0 Å². The molecule has 0 saturated carbocycles. The Hall–Kier alpha value is -0.610. The molecule has 1 fully saturated rings. The lowest BCUT2D eigenvalue weighted by Gasteiger charge is -2.10. The molecule has 0 aromatic carbocycles. The van der Waals surface area contributed by atoms with Gasteiger partial charge >= 0.3 is 0 Å². The molecule has 64 valence electrons. The second-order valence-electron chi connectivity index (χ2n) is 2.95. The zero-order chi connectivity index (χ0) is 8.27. The maximum absolute atomic E-state index is 11.0. The molecule has 1 aliphatic heterocycles. The average Bonchev–Trinajstić information content (AvgIpc) is 2.37. The van der Waals surface area contributed by atoms with Crippen molar-refractivity contribution in [1.29, 1.82) is 0 Å². The number of carbonyl (C=O) groups is 1. The fourth-order valence-electron chi connectivity index (χ4n) is 1.31. The predicted molar refractivity (Wildman–Crippen MR) is 40.8 cm³/mol. The van der Waals surface area contributed by atoms with E-state index in [-0.39, 0.29) is 24.5 Å². The van der Waals surface area contributed by atoms with E-state index in [0.717, 1.165) is 13.0 Å². The highest BCUT2D eigenvalue weighted by molar-refractivity contribution is 5.80. The predicted octanol–water partition coefficient (Wildman–Crippen LogP) is -1.17. The second kappa shape index (κ2) is 3.69. The maximum atomic E-state index is 11.0. The first kappa shape index (κ1) is 8.49. The lowest BCUT2D eigenvalue weighted by atomic mass is 9.99. The normalized spacial score (nSPS) is 26.7. The van der Waals surface area contributed by atoms with Gasteiger partial charge in [-0.15, -0.1) is 0 Å². The van der Waals surface area contributed by atoms with Crippen LogP contribution in [0.25, 0.3) is 0 Å². The van der Waals surface area contributed by atoms with Crippen LogP contribution < -0.4 is 11.1 Å². The molecule has 2 atom stereocenters. The monoisotopic (exact) mass is 158 g/mol. The molecule has 4 heteroatoms. The van der Waals surface area contributed by atoms with E-state index in [1.165, 1.54) is 0 Å². The van der Waals surface area contributed by atoms with Gasteiger partial charge in [0.2, 0.25) is 5.91 Å². The van der Waals surface area contributed by atoms with Crippen LogP contribution in [-0.2, 0) is 4.79 Å². The van der Waals surface area contributed by atoms with Gasteiger partial charge in [-0.25, -0.2) is 0 Å². The molecule has 0 aromatic rings. The van der Waals surface area contributed by atoms with E-state index in [2.05, 4.69) is 5.32 Å². The molecule has 0 radical (unpaired) electrons. The Balaban J connectivity index is 2.30. The van der Waals surface area contributed by atoms with Crippen LogP contribution in [0.5, 0.6) is 0 Å². The molecule has 0 aliphatic carbocycles. The number of hydrogen-bond acceptors (Lipinski definition) is 3. The largest absolute Gasteiger partial charge is 0.395 e. The zero-order valence-corrected chi connectivity index (χ0v) is 6.42. The molecule has 1 heterocycles. The first-order valence-corrected chi connectivity index (χ1v) is 3.88. The van der Waals surface area contributed by atoms with Gasteiger partial charge in [-0.1, -0.05) is 0 Å². The smallest absolute Gasteiger partial charge is 0.223 e. The van der Waals surface area contributed by atoms with Crippen molar-refractivity contribution in [2.75, 3.05) is 13.2 Å². The lowest BCUT2D eigenvalue weighted by Crippen LogP contribution is -2.30. The fourth-order valence-corrected chi connectivity index (χ4v) is 1.31. The van der Waals surface area contributed by atoms with Crippen LogP contribution in [0.15, 0.2) is 0 Å². The highest BCUT2D eigenvalue weighted by Gasteiger charge is 2.25. The Labute approximate surface area is 65.8 Å². The molecule has 2 unspecified atom stereocenters. The molecule has 0 bridgehead atoms. The van der Waals surface area contributed by atoms with Gasteiger partial charge in [0.1, 0.15) is 0 Å². The quantitative estimate of drug-likeness (QED) is 0.484. The van der Waals surface area contributed by atoms with Gasteiger partial charge in [-0.2, -0.15) is 0 Å². The summed E-state index contributed by atoms with van der Waals surface area (Å²) in [5.74, 6) is 0.103. The van der Waals surface area contributed by atoms with E-state index in [9.17, 15) is 4.79 Å². The number of nitrogens with two attached hydrogens (primary N) is 1. The third-order valence-corrected chi connectivity index (χ3v) is 1.98. The number of aliphatic hydroxyl groups excluding tert-OH is 1. The molecule has 1 saturated heterocycles. The molecular weight excluding hydrogens is 144 g/mol. The van der Waals surface area contributed by atoms with E-state index < -0.39 is 0 Å². The second-order valence-corrected chi connectivity index (χ2v) is 2.95. The summed E-state index contributed by atoms with van der Waals surface area (Å²) < 4.78 is 0. The molecule has 11 heavy (non-hydrogen) atoms. The SMILES string of the molecule is NC(CO)CC1CCNC1=O. The Morgan fingerprint density at radius 2 is 2.55 bits per heavy atom. The van der Waals surface area contributed by atoms with Gasteiger partial charge in [0, 0.05) is 18.5 Å². The van der Waals surface area contributed by atoms with Gasteiger partial charge in [-0.05, 0) is 12.8 Å². The lowest BCUT2D eigenvalue weighted by molar-refractivity contribution is -0.122. The molecule has 1 rings (SSSR count). The van der Waals surface area contributed by atoms with Crippen molar-refractivity contribution >= 4 is 5.91 Å². The number of carbonyl (C=O) groups excluding carboxylic acids is 1. The van der Waals surface area contributed by atoms with Crippen molar-refractivity contribution < 1.29 is 9.90 Å². The molecule has 1 aliphatic rings. The van der Waals surface area contributed by atoms with Gasteiger partial charge in [0.15, 0.2) is 0 Å². The van der Waals surface area contributed by atoms with Crippen molar-refractivity contribution in [3.8, 4) is 0 Å². The highest BCUT2D eigenvalue weighted by Crippen LogP contribution is 2.14. The molecule has 1 amide bonds. The number of nitrogens with one attached hydrogen (secondary N) is 1. The van der Waals surface area contributed by atoms with Crippen molar-refractivity contribution in [2.45, 2.75) is 18.9 Å². The van der Waals surface area contributed by atoms with E-state index in [1.807, 2.05) is 0 Å². The van der Waals surface area contributed by atoms with Gasteiger partial charge in [0.05, 0.1) is 6.61 Å². The third kappa shape index (κ3) is 2.17. The Bertz CT molecular complexity index is 149. The molecule has 4 nitrogen and oxygen atoms in total. The maximum Gasteiger partial charge on any atom is 0.223 e. The molecule has 0 aromatic heterocycles. The summed E-state index contributed by atoms with van der Waals surface area (Å²) in [4.78, 5) is 11.0. The Kier molecular flexibility index (Phi) is 2.84. The summed E-state index contributed by atoms with van der Waals surface area (Å²) in [7, 11) is 0. The van der Waals surface area contributed by atoms with E-state index >= 15 is 0 Å². The minimum absolute atomic E-state index is 0.0251. The Morgan fingerprint density at radius 1 is 1.82 bits per heavy atom. The highest BCUT2D eigenvalue weighted by atomic mass is 16.3. The molecular formula is C7H14N2O2. The minimum atomic E-state index is -0.246. The van der Waals surface area contributed by atoms with Crippen LogP contribution in [0, 0.1) is 5.92 Å². The standard InChI is InChI=1S/C7H14N2O2/c8-6(4-10)3-5-1-2-9-7(5)11/h5-6,10H,1-4,8H2,(H,9,11). The van der Waals surface area contributed by atoms with Crippen LogP contribution in [0.4, 0.5) is 0 Å². The van der Waals surface area contributed by atoms with Crippen molar-refractivity contribution in [3.63, 3.8) is 0 Å². The first-order chi connectivity index (χ1) is 5.24. The summed E-state index contributed by atoms with van der Waals surface area (Å²) in [5.41, 5.74) is 5.48. The van der Waals surface area contributed by atoms with Crippen LogP contribution >= 0.6 is 0 Å². The van der Waals surface area contributed by atoms with Crippen LogP contribution in [0.1, 0.15) is 12.8 Å². The van der Waals surface area contributed by atoms with E-state index in [0.29, 0.717) is 6.42 Å². The van der Waals surface area contributed by atoms with Gasteiger partial charge < -0.3 is 16.2 Å². The van der Waals surface area contributed by atoms with Gasteiger partial charge in [0.25, 0.3) is 0 Å². The number of hydrogen-bond donors (Lipinski definition) is 3. The third-order valence-electron chi connectivity index (χ3n) is 1.98. The number of aliphatic hydroxyl groups is 1. The summed E-state index contributed by atoms with van der Waals surface area (Å²) in [6.45, 7) is 0.714. The van der Waals surface area contributed by atoms with Crippen LogP contribution in [-0.4, -0.2) is 30.2 Å². The summed E-state index contributed by atoms with van der Waals surface area (Å²) in [6.07, 6.45) is 1.45. The molecule has 0 spiro atoms. The average molecular weight is 158 g/mol. The Morgan fingerprint density at radius 3 is 3.00 bits per heavy atom. The van der Waals surface area contributed by atoms with Crippen molar-refractivity contribution in [3.05, 3.63) is 0 Å². The molecule has 4 N–H and O–H groups in total. The van der Waals surface area contributed by atoms with Crippen molar-refractivity contribution in [2.24, 2.45) is 11.7 Å². The van der Waals surface area contributed by atoms with Crippen LogP contribution in [0.2, 0.25) is 0 Å². The summed E-state index contributed by atoms with van der Waals surface area (Å²) in [5, 5.41) is 11.3. The topological polar surface area (TPSA) is 75.3 Å². The first-order valence-electron chi connectivity index (χ1n) is 3.88. The fraction of sp³-hybridized carbons (Fsp3) is 0.857. The zero-order valence-electron chi connectivity index (χ0n) is 6.42. The van der Waals surface area contributed by atoms with E-state index in [4.69, 9.17) is 10.8 Å². The number of rotatable bonds is 3. The number of amides is 1. The summed E-state index contributed by atoms with van der Waals surface area (Å²) >= 11 is 0.